The first kappa shape index (κ1) is 23.9. The van der Waals surface area contributed by atoms with E-state index in [0.29, 0.717) is 29.2 Å². The van der Waals surface area contributed by atoms with Gasteiger partial charge in [-0.2, -0.15) is 0 Å². The van der Waals surface area contributed by atoms with Crippen molar-refractivity contribution < 1.29 is 14.4 Å². The van der Waals surface area contributed by atoms with E-state index in [4.69, 9.17) is 0 Å². The maximum atomic E-state index is 12.9. The lowest BCUT2D eigenvalue weighted by Gasteiger charge is -2.15. The summed E-state index contributed by atoms with van der Waals surface area (Å²) in [6.45, 7) is 4.23. The van der Waals surface area contributed by atoms with Gasteiger partial charge in [0.2, 0.25) is 0 Å². The molecule has 1 aromatic heterocycles. The van der Waals surface area contributed by atoms with E-state index in [1.54, 1.807) is 24.3 Å². The molecule has 4 aromatic rings. The van der Waals surface area contributed by atoms with Crippen LogP contribution in [0.3, 0.4) is 0 Å². The first-order valence-corrected chi connectivity index (χ1v) is 11.9. The van der Waals surface area contributed by atoms with Crippen molar-refractivity contribution in [3.63, 3.8) is 0 Å². The predicted octanol–water partition coefficient (Wildman–Crippen LogP) is 5.39. The van der Waals surface area contributed by atoms with Crippen LogP contribution in [0, 0.1) is 5.92 Å². The summed E-state index contributed by atoms with van der Waals surface area (Å²) in [6, 6.07) is 23.5. The van der Waals surface area contributed by atoms with Gasteiger partial charge in [0.1, 0.15) is 12.1 Å². The molecule has 0 aliphatic carbocycles. The van der Waals surface area contributed by atoms with E-state index < -0.39 is 0 Å². The number of nitrogens with zero attached hydrogens (tertiary/aromatic N) is 3. The molecule has 1 aliphatic heterocycles. The van der Waals surface area contributed by atoms with Gasteiger partial charge in [0, 0.05) is 35.1 Å². The van der Waals surface area contributed by atoms with E-state index in [2.05, 4.69) is 20.6 Å². The molecule has 0 bridgehead atoms. The second-order valence-electron chi connectivity index (χ2n) is 9.19. The number of carbonyl (C=O) groups excluding carboxylic acids is 3. The molecule has 0 atom stereocenters. The van der Waals surface area contributed by atoms with Crippen molar-refractivity contribution in [1.82, 2.24) is 14.9 Å². The van der Waals surface area contributed by atoms with Crippen LogP contribution >= 0.6 is 0 Å². The molecule has 0 spiro atoms. The standard InChI is InChI=1S/C29H25N5O3/c1-18(2)16-34-28(36)23-13-8-20(14-24(23)29(34)37)27(35)33-22-11-9-21(10-12-22)32-26-15-25(30-17-31-26)19-6-4-3-5-7-19/h3-15,17-18H,16H2,1-2H3,(H,33,35)(H,30,31,32). The summed E-state index contributed by atoms with van der Waals surface area (Å²) in [5.74, 6) is -0.242. The van der Waals surface area contributed by atoms with Crippen LogP contribution in [0.1, 0.15) is 44.9 Å². The highest BCUT2D eigenvalue weighted by molar-refractivity contribution is 6.22. The van der Waals surface area contributed by atoms with E-state index in [-0.39, 0.29) is 29.2 Å². The summed E-state index contributed by atoms with van der Waals surface area (Å²) in [7, 11) is 0. The number of imide groups is 1. The molecule has 3 amide bonds. The Balaban J connectivity index is 1.26. The van der Waals surface area contributed by atoms with Gasteiger partial charge in [0.15, 0.2) is 0 Å². The number of hydrogen-bond acceptors (Lipinski definition) is 6. The maximum absolute atomic E-state index is 12.9. The summed E-state index contributed by atoms with van der Waals surface area (Å²) in [6.07, 6.45) is 1.51. The molecule has 2 heterocycles. The number of hydrogen-bond donors (Lipinski definition) is 2. The van der Waals surface area contributed by atoms with Gasteiger partial charge in [-0.15, -0.1) is 0 Å². The second-order valence-corrected chi connectivity index (χ2v) is 9.19. The molecule has 8 nitrogen and oxygen atoms in total. The summed E-state index contributed by atoms with van der Waals surface area (Å²) >= 11 is 0. The Hall–Kier alpha value is -4.85. The molecule has 8 heteroatoms. The Morgan fingerprint density at radius 3 is 2.27 bits per heavy atom. The lowest BCUT2D eigenvalue weighted by Crippen LogP contribution is -2.33. The smallest absolute Gasteiger partial charge is 0.261 e. The third-order valence-electron chi connectivity index (χ3n) is 5.93. The van der Waals surface area contributed by atoms with Crippen LogP contribution in [0.4, 0.5) is 17.2 Å². The first-order valence-electron chi connectivity index (χ1n) is 11.9. The average molecular weight is 492 g/mol. The zero-order valence-electron chi connectivity index (χ0n) is 20.4. The lowest BCUT2D eigenvalue weighted by molar-refractivity contribution is 0.0636. The Morgan fingerprint density at radius 1 is 0.838 bits per heavy atom. The maximum Gasteiger partial charge on any atom is 0.261 e. The van der Waals surface area contributed by atoms with E-state index >= 15 is 0 Å². The molecule has 3 aromatic carbocycles. The third kappa shape index (κ3) is 5.08. The van der Waals surface area contributed by atoms with Crippen molar-refractivity contribution in [3.8, 4) is 11.3 Å². The van der Waals surface area contributed by atoms with Crippen LogP contribution < -0.4 is 10.6 Å². The topological polar surface area (TPSA) is 104 Å². The highest BCUT2D eigenvalue weighted by Gasteiger charge is 2.36. The van der Waals surface area contributed by atoms with Crippen LogP contribution in [-0.4, -0.2) is 39.1 Å². The highest BCUT2D eigenvalue weighted by Crippen LogP contribution is 2.26. The fraction of sp³-hybridized carbons (Fsp3) is 0.138. The van der Waals surface area contributed by atoms with Crippen molar-refractivity contribution in [2.75, 3.05) is 17.2 Å². The third-order valence-corrected chi connectivity index (χ3v) is 5.93. The van der Waals surface area contributed by atoms with Gasteiger partial charge < -0.3 is 10.6 Å². The summed E-state index contributed by atoms with van der Waals surface area (Å²) in [5, 5.41) is 6.08. The molecule has 0 radical (unpaired) electrons. The van der Waals surface area contributed by atoms with Crippen LogP contribution in [-0.2, 0) is 0 Å². The van der Waals surface area contributed by atoms with Crippen molar-refractivity contribution in [3.05, 3.63) is 102 Å². The van der Waals surface area contributed by atoms with Crippen LogP contribution in [0.5, 0.6) is 0 Å². The predicted molar refractivity (Wildman–Crippen MR) is 142 cm³/mol. The minimum absolute atomic E-state index is 0.155. The van der Waals surface area contributed by atoms with Gasteiger partial charge in [-0.05, 0) is 48.4 Å². The Morgan fingerprint density at radius 2 is 1.54 bits per heavy atom. The van der Waals surface area contributed by atoms with Gasteiger partial charge in [0.25, 0.3) is 17.7 Å². The minimum Gasteiger partial charge on any atom is -0.340 e. The number of carbonyl (C=O) groups is 3. The fourth-order valence-electron chi connectivity index (χ4n) is 4.14. The normalized spacial score (nSPS) is 12.6. The molecule has 0 saturated heterocycles. The van der Waals surface area contributed by atoms with Crippen LogP contribution in [0.25, 0.3) is 11.3 Å². The Labute approximate surface area is 214 Å². The number of rotatable bonds is 7. The van der Waals surface area contributed by atoms with E-state index in [1.807, 2.05) is 62.4 Å². The fourth-order valence-corrected chi connectivity index (χ4v) is 4.14. The zero-order valence-corrected chi connectivity index (χ0v) is 20.4. The summed E-state index contributed by atoms with van der Waals surface area (Å²) in [4.78, 5) is 48.0. The minimum atomic E-state index is -0.366. The molecule has 37 heavy (non-hydrogen) atoms. The second kappa shape index (κ2) is 10.0. The molecule has 0 unspecified atom stereocenters. The number of amides is 3. The largest absolute Gasteiger partial charge is 0.340 e. The quantitative estimate of drug-likeness (QED) is 0.336. The molecular weight excluding hydrogens is 466 g/mol. The Bertz CT molecular complexity index is 1480. The number of fused-ring (bicyclic) bond motifs is 1. The lowest BCUT2D eigenvalue weighted by atomic mass is 10.1. The SMILES string of the molecule is CC(C)CN1C(=O)c2ccc(C(=O)Nc3ccc(Nc4cc(-c5ccccc5)ncn4)cc3)cc2C1=O. The van der Waals surface area contributed by atoms with Crippen molar-refractivity contribution in [1.29, 1.82) is 0 Å². The molecule has 0 saturated carbocycles. The molecule has 2 N–H and O–H groups in total. The van der Waals surface area contributed by atoms with Crippen molar-refractivity contribution in [2.24, 2.45) is 5.92 Å². The highest BCUT2D eigenvalue weighted by atomic mass is 16.2. The van der Waals surface area contributed by atoms with Gasteiger partial charge in [-0.1, -0.05) is 44.2 Å². The summed E-state index contributed by atoms with van der Waals surface area (Å²) in [5.41, 5.74) is 4.09. The van der Waals surface area contributed by atoms with Crippen LogP contribution in [0.15, 0.2) is 85.2 Å². The Kier molecular flexibility index (Phi) is 6.47. The molecule has 5 rings (SSSR count). The zero-order chi connectivity index (χ0) is 25.9. The average Bonchev–Trinajstić information content (AvgIpc) is 3.14. The van der Waals surface area contributed by atoms with E-state index in [1.165, 1.54) is 17.3 Å². The first-order chi connectivity index (χ1) is 17.9. The van der Waals surface area contributed by atoms with E-state index in [9.17, 15) is 14.4 Å². The number of benzene rings is 3. The molecule has 0 fully saturated rings. The van der Waals surface area contributed by atoms with Gasteiger partial charge in [-0.25, -0.2) is 9.97 Å². The number of aromatic nitrogens is 2. The number of nitrogens with one attached hydrogen (secondary N) is 2. The van der Waals surface area contributed by atoms with Gasteiger partial charge >= 0.3 is 0 Å². The van der Waals surface area contributed by atoms with Gasteiger partial charge in [-0.3, -0.25) is 19.3 Å². The van der Waals surface area contributed by atoms with E-state index in [0.717, 1.165) is 16.9 Å². The van der Waals surface area contributed by atoms with Crippen molar-refractivity contribution >= 4 is 34.9 Å². The summed E-state index contributed by atoms with van der Waals surface area (Å²) < 4.78 is 0. The van der Waals surface area contributed by atoms with Crippen LogP contribution in [0.2, 0.25) is 0 Å². The molecule has 184 valence electrons. The van der Waals surface area contributed by atoms with Gasteiger partial charge in [0.05, 0.1) is 16.8 Å². The van der Waals surface area contributed by atoms with Crippen molar-refractivity contribution in [2.45, 2.75) is 13.8 Å². The monoisotopic (exact) mass is 491 g/mol. The molecular formula is C29H25N5O3. The molecule has 1 aliphatic rings. The number of anilines is 3.